The van der Waals surface area contributed by atoms with E-state index in [1.54, 1.807) is 24.3 Å². The molecule has 2 rings (SSSR count). The Morgan fingerprint density at radius 2 is 1.84 bits per heavy atom. The van der Waals surface area contributed by atoms with Crippen molar-refractivity contribution in [3.8, 4) is 0 Å². The molecule has 1 atom stereocenters. The van der Waals surface area contributed by atoms with Gasteiger partial charge in [-0.2, -0.15) is 0 Å². The summed E-state index contributed by atoms with van der Waals surface area (Å²) in [5, 5.41) is 11.7. The van der Waals surface area contributed by atoms with Gasteiger partial charge in [-0.1, -0.05) is 30.3 Å². The summed E-state index contributed by atoms with van der Waals surface area (Å²) in [5.41, 5.74) is 0.771. The highest BCUT2D eigenvalue weighted by atomic mass is 32.2. The SMILES string of the molecule is CS(=O)(=O)NCc1ccc(C(=O)NC(Cc2ccccc2)C(=O)O)o1. The molecule has 0 saturated carbocycles. The van der Waals surface area contributed by atoms with Gasteiger partial charge in [0.2, 0.25) is 10.0 Å². The minimum Gasteiger partial charge on any atom is -0.480 e. The van der Waals surface area contributed by atoms with E-state index in [2.05, 4.69) is 10.0 Å². The van der Waals surface area contributed by atoms with Gasteiger partial charge in [0.15, 0.2) is 5.76 Å². The first-order valence-electron chi connectivity index (χ1n) is 7.35. The van der Waals surface area contributed by atoms with Gasteiger partial charge in [0.05, 0.1) is 12.8 Å². The lowest BCUT2D eigenvalue weighted by atomic mass is 10.1. The molecule has 25 heavy (non-hydrogen) atoms. The molecule has 0 radical (unpaired) electrons. The molecule has 1 unspecified atom stereocenters. The summed E-state index contributed by atoms with van der Waals surface area (Å²) >= 11 is 0. The van der Waals surface area contributed by atoms with E-state index in [0.717, 1.165) is 11.8 Å². The first-order chi connectivity index (χ1) is 11.7. The van der Waals surface area contributed by atoms with Gasteiger partial charge in [-0.15, -0.1) is 0 Å². The van der Waals surface area contributed by atoms with E-state index < -0.39 is 27.9 Å². The van der Waals surface area contributed by atoms with Gasteiger partial charge < -0.3 is 14.8 Å². The van der Waals surface area contributed by atoms with Crippen LogP contribution >= 0.6 is 0 Å². The topological polar surface area (TPSA) is 126 Å². The Balaban J connectivity index is 2.01. The molecule has 0 aliphatic rings. The number of sulfonamides is 1. The van der Waals surface area contributed by atoms with Crippen molar-refractivity contribution in [2.75, 3.05) is 6.26 Å². The van der Waals surface area contributed by atoms with Crippen LogP contribution in [0.4, 0.5) is 0 Å². The molecule has 0 aliphatic heterocycles. The van der Waals surface area contributed by atoms with Gasteiger partial charge in [-0.05, 0) is 17.7 Å². The maximum absolute atomic E-state index is 12.2. The Hall–Kier alpha value is -2.65. The summed E-state index contributed by atoms with van der Waals surface area (Å²) in [6.07, 6.45) is 1.13. The molecular formula is C16H18N2O6S. The lowest BCUT2D eigenvalue weighted by molar-refractivity contribution is -0.139. The zero-order chi connectivity index (χ0) is 18.4. The van der Waals surface area contributed by atoms with E-state index in [4.69, 9.17) is 4.42 Å². The third kappa shape index (κ3) is 6.05. The fourth-order valence-electron chi connectivity index (χ4n) is 2.08. The Morgan fingerprint density at radius 3 is 2.44 bits per heavy atom. The second-order valence-electron chi connectivity index (χ2n) is 5.41. The lowest BCUT2D eigenvalue weighted by Gasteiger charge is -2.13. The van der Waals surface area contributed by atoms with Crippen LogP contribution in [0.1, 0.15) is 21.9 Å². The normalized spacial score (nSPS) is 12.5. The Bertz CT molecular complexity index is 845. The Morgan fingerprint density at radius 1 is 1.16 bits per heavy atom. The molecule has 1 amide bonds. The van der Waals surface area contributed by atoms with Crippen molar-refractivity contribution in [1.82, 2.24) is 10.0 Å². The largest absolute Gasteiger partial charge is 0.480 e. The molecule has 1 aromatic carbocycles. The standard InChI is InChI=1S/C16H18N2O6S/c1-25(22,23)17-10-12-7-8-14(24-12)15(19)18-13(16(20)21)9-11-5-3-2-4-6-11/h2-8,13,17H,9-10H2,1H3,(H,18,19)(H,20,21). The van der Waals surface area contributed by atoms with E-state index in [-0.39, 0.29) is 24.5 Å². The van der Waals surface area contributed by atoms with Gasteiger partial charge in [0, 0.05) is 6.42 Å². The van der Waals surface area contributed by atoms with E-state index in [0.29, 0.717) is 0 Å². The van der Waals surface area contributed by atoms with Gasteiger partial charge in [-0.25, -0.2) is 17.9 Å². The maximum atomic E-state index is 12.2. The smallest absolute Gasteiger partial charge is 0.326 e. The molecule has 134 valence electrons. The predicted octanol–water partition coefficient (Wildman–Crippen LogP) is 0.754. The van der Waals surface area contributed by atoms with Crippen molar-refractivity contribution >= 4 is 21.9 Å². The quantitative estimate of drug-likeness (QED) is 0.633. The number of nitrogens with one attached hydrogen (secondary N) is 2. The van der Waals surface area contributed by atoms with Crippen LogP contribution in [0.15, 0.2) is 46.9 Å². The van der Waals surface area contributed by atoms with Crippen LogP contribution in [0.5, 0.6) is 0 Å². The Labute approximate surface area is 144 Å². The van der Waals surface area contributed by atoms with Crippen LogP contribution in [0, 0.1) is 0 Å². The van der Waals surface area contributed by atoms with Crippen molar-refractivity contribution in [1.29, 1.82) is 0 Å². The molecule has 1 heterocycles. The Kier molecular flexibility index (Phi) is 5.94. The number of amides is 1. The second-order valence-corrected chi connectivity index (χ2v) is 7.25. The van der Waals surface area contributed by atoms with Crippen LogP contribution in [0.2, 0.25) is 0 Å². The number of hydrogen-bond donors (Lipinski definition) is 3. The van der Waals surface area contributed by atoms with Crippen LogP contribution in [0.25, 0.3) is 0 Å². The minimum atomic E-state index is -3.39. The molecule has 0 spiro atoms. The fraction of sp³-hybridized carbons (Fsp3) is 0.250. The van der Waals surface area contributed by atoms with Crippen LogP contribution < -0.4 is 10.0 Å². The summed E-state index contributed by atoms with van der Waals surface area (Å²) in [6, 6.07) is 10.6. The number of carboxylic acids is 1. The highest BCUT2D eigenvalue weighted by molar-refractivity contribution is 7.88. The van der Waals surface area contributed by atoms with Crippen LogP contribution in [0.3, 0.4) is 0 Å². The summed E-state index contributed by atoms with van der Waals surface area (Å²) in [4.78, 5) is 23.5. The van der Waals surface area contributed by atoms with Crippen molar-refractivity contribution in [2.45, 2.75) is 19.0 Å². The highest BCUT2D eigenvalue weighted by Crippen LogP contribution is 2.10. The van der Waals surface area contributed by atoms with E-state index in [9.17, 15) is 23.1 Å². The predicted molar refractivity (Wildman–Crippen MR) is 89.4 cm³/mol. The summed E-state index contributed by atoms with van der Waals surface area (Å²) in [5.74, 6) is -1.70. The maximum Gasteiger partial charge on any atom is 0.326 e. The monoisotopic (exact) mass is 366 g/mol. The number of carbonyl (C=O) groups excluding carboxylic acids is 1. The van der Waals surface area contributed by atoms with Crippen LogP contribution in [-0.2, 0) is 27.8 Å². The molecule has 2 aromatic rings. The van der Waals surface area contributed by atoms with Crippen LogP contribution in [-0.4, -0.2) is 37.7 Å². The van der Waals surface area contributed by atoms with Gasteiger partial charge in [-0.3, -0.25) is 4.79 Å². The minimum absolute atomic E-state index is 0.0930. The molecule has 1 aromatic heterocycles. The third-order valence-corrected chi connectivity index (χ3v) is 3.95. The van der Waals surface area contributed by atoms with E-state index >= 15 is 0 Å². The van der Waals surface area contributed by atoms with Crippen molar-refractivity contribution < 1.29 is 27.5 Å². The molecule has 0 saturated heterocycles. The lowest BCUT2D eigenvalue weighted by Crippen LogP contribution is -2.42. The second kappa shape index (κ2) is 7.95. The number of aliphatic carboxylic acids is 1. The van der Waals surface area contributed by atoms with Gasteiger partial charge >= 0.3 is 5.97 Å². The number of hydrogen-bond acceptors (Lipinski definition) is 5. The molecule has 3 N–H and O–H groups in total. The molecule has 0 aliphatic carbocycles. The third-order valence-electron chi connectivity index (χ3n) is 3.28. The summed E-state index contributed by atoms with van der Waals surface area (Å²) in [7, 11) is -3.39. The van der Waals surface area contributed by atoms with Gasteiger partial charge in [0.25, 0.3) is 5.91 Å². The molecule has 0 fully saturated rings. The number of carboxylic acid groups (broad SMARTS) is 1. The van der Waals surface area contributed by atoms with E-state index in [1.165, 1.54) is 12.1 Å². The van der Waals surface area contributed by atoms with Crippen molar-refractivity contribution in [2.24, 2.45) is 0 Å². The summed E-state index contributed by atoms with van der Waals surface area (Å²) in [6.45, 7) is -0.0987. The summed E-state index contributed by atoms with van der Waals surface area (Å²) < 4.78 is 29.6. The number of benzene rings is 1. The van der Waals surface area contributed by atoms with Crippen molar-refractivity contribution in [3.05, 3.63) is 59.5 Å². The molecule has 8 nitrogen and oxygen atoms in total. The first kappa shape index (κ1) is 18.7. The first-order valence-corrected chi connectivity index (χ1v) is 9.24. The number of carbonyl (C=O) groups is 2. The highest BCUT2D eigenvalue weighted by Gasteiger charge is 2.22. The number of rotatable bonds is 8. The fourth-order valence-corrected chi connectivity index (χ4v) is 2.48. The zero-order valence-electron chi connectivity index (χ0n) is 13.4. The van der Waals surface area contributed by atoms with Crippen molar-refractivity contribution in [3.63, 3.8) is 0 Å². The van der Waals surface area contributed by atoms with Gasteiger partial charge in [0.1, 0.15) is 11.8 Å². The zero-order valence-corrected chi connectivity index (χ0v) is 14.2. The molecular weight excluding hydrogens is 348 g/mol. The molecule has 9 heteroatoms. The molecule has 0 bridgehead atoms. The number of furan rings is 1. The average Bonchev–Trinajstić information content (AvgIpc) is 3.01. The van der Waals surface area contributed by atoms with E-state index in [1.807, 2.05) is 6.07 Å². The average molecular weight is 366 g/mol.